The first-order chi connectivity index (χ1) is 21.8. The summed E-state index contributed by atoms with van der Waals surface area (Å²) in [6.45, 7) is 16.5. The molecule has 5 N–H and O–H groups in total. The topological polar surface area (TPSA) is 146 Å². The predicted molar refractivity (Wildman–Crippen MR) is 174 cm³/mol. The van der Waals surface area contributed by atoms with Crippen LogP contribution in [0.2, 0.25) is 0 Å². The fraction of sp³-hybridized carbons (Fsp3) is 0.921. The molecule has 15 atom stereocenters. The number of hydrogen-bond donors (Lipinski definition) is 5. The lowest BCUT2D eigenvalue weighted by molar-refractivity contribution is -0.302. The van der Waals surface area contributed by atoms with Crippen LogP contribution in [0, 0.1) is 50.7 Å². The van der Waals surface area contributed by atoms with Crippen molar-refractivity contribution < 1.29 is 44.5 Å². The minimum Gasteiger partial charge on any atom is -0.459 e. The number of ether oxygens (including phenoxy) is 3. The minimum atomic E-state index is -1.29. The summed E-state index contributed by atoms with van der Waals surface area (Å²) in [5.74, 6) is 0.619. The van der Waals surface area contributed by atoms with Gasteiger partial charge < -0.3 is 39.7 Å². The van der Waals surface area contributed by atoms with Crippen LogP contribution in [0.15, 0.2) is 11.1 Å². The maximum Gasteiger partial charge on any atom is 0.303 e. The van der Waals surface area contributed by atoms with Gasteiger partial charge in [0, 0.05) is 18.3 Å². The van der Waals surface area contributed by atoms with Gasteiger partial charge in [-0.15, -0.1) is 0 Å². The van der Waals surface area contributed by atoms with Gasteiger partial charge in [-0.2, -0.15) is 0 Å². The molecular formula is C38H60O9. The van der Waals surface area contributed by atoms with Crippen molar-refractivity contribution in [2.75, 3.05) is 6.61 Å². The second kappa shape index (κ2) is 10.7. The smallest absolute Gasteiger partial charge is 0.303 e. The average molecular weight is 661 g/mol. The molecule has 2 spiro atoms. The SMILES string of the molecule is CC(=O)O[C@H](C1CC2=C([C@H](C)C1)[C@@]1(C)CC[C@@]34C[C@@]35CC[C@H](OC3OC[C@H](O)[C@H](O)[C@H]3O)C(C)(C)C5CCC4[C@]1(C)[C@H]2O)C(C)(C)O. The van der Waals surface area contributed by atoms with Crippen molar-refractivity contribution in [1.82, 2.24) is 0 Å². The van der Waals surface area contributed by atoms with E-state index in [2.05, 4.69) is 34.6 Å². The Balaban J connectivity index is 1.15. The first-order valence-corrected chi connectivity index (χ1v) is 18.4. The zero-order chi connectivity index (χ0) is 34.3. The molecule has 0 aromatic heterocycles. The summed E-state index contributed by atoms with van der Waals surface area (Å²) >= 11 is 0. The summed E-state index contributed by atoms with van der Waals surface area (Å²) in [6.07, 6.45) is 2.89. The van der Waals surface area contributed by atoms with Gasteiger partial charge in [-0.25, -0.2) is 0 Å². The van der Waals surface area contributed by atoms with Crippen molar-refractivity contribution in [2.45, 2.75) is 162 Å². The molecule has 6 aliphatic carbocycles. The third kappa shape index (κ3) is 4.48. The second-order valence-corrected chi connectivity index (χ2v) is 18.6. The Kier molecular flexibility index (Phi) is 7.84. The van der Waals surface area contributed by atoms with E-state index < -0.39 is 42.4 Å². The number of carbonyl (C=O) groups is 1. The van der Waals surface area contributed by atoms with E-state index in [4.69, 9.17) is 14.2 Å². The maximum atomic E-state index is 12.6. The first-order valence-electron chi connectivity index (χ1n) is 18.4. The normalized spacial score (nSPS) is 52.4. The Morgan fingerprint density at radius 2 is 1.62 bits per heavy atom. The zero-order valence-electron chi connectivity index (χ0n) is 29.8. The van der Waals surface area contributed by atoms with E-state index in [-0.39, 0.29) is 57.6 Å². The molecule has 1 heterocycles. The fourth-order valence-corrected chi connectivity index (χ4v) is 13.8. The molecule has 5 fully saturated rings. The Labute approximate surface area is 280 Å². The van der Waals surface area contributed by atoms with Gasteiger partial charge in [-0.1, -0.05) is 40.2 Å². The Morgan fingerprint density at radius 1 is 0.957 bits per heavy atom. The highest BCUT2D eigenvalue weighted by Gasteiger charge is 2.83. The minimum absolute atomic E-state index is 0.0567. The van der Waals surface area contributed by atoms with Gasteiger partial charge >= 0.3 is 5.97 Å². The predicted octanol–water partition coefficient (Wildman–Crippen LogP) is 4.26. The van der Waals surface area contributed by atoms with Gasteiger partial charge in [0.05, 0.1) is 24.4 Å². The first kappa shape index (κ1) is 34.4. The van der Waals surface area contributed by atoms with E-state index in [1.165, 1.54) is 18.9 Å². The molecule has 266 valence electrons. The van der Waals surface area contributed by atoms with Crippen LogP contribution in [0.5, 0.6) is 0 Å². The van der Waals surface area contributed by atoms with Crippen molar-refractivity contribution in [1.29, 1.82) is 0 Å². The van der Waals surface area contributed by atoms with Crippen LogP contribution in [-0.2, 0) is 19.0 Å². The van der Waals surface area contributed by atoms with Crippen molar-refractivity contribution >= 4 is 5.97 Å². The zero-order valence-corrected chi connectivity index (χ0v) is 29.8. The number of rotatable bonds is 5. The Hall–Kier alpha value is -1.07. The van der Waals surface area contributed by atoms with Crippen LogP contribution in [0.4, 0.5) is 0 Å². The third-order valence-electron chi connectivity index (χ3n) is 15.8. The Bertz CT molecular complexity index is 1320. The fourth-order valence-electron chi connectivity index (χ4n) is 13.8. The summed E-state index contributed by atoms with van der Waals surface area (Å²) in [6, 6.07) is 0. The number of aliphatic hydroxyl groups is 5. The quantitative estimate of drug-likeness (QED) is 0.166. The number of fused-ring (bicyclic) bond motifs is 3. The van der Waals surface area contributed by atoms with Crippen molar-refractivity contribution in [3.63, 3.8) is 0 Å². The summed E-state index contributed by atoms with van der Waals surface area (Å²) in [5, 5.41) is 54.5. The summed E-state index contributed by atoms with van der Waals surface area (Å²) in [5.41, 5.74) is 1.19. The van der Waals surface area contributed by atoms with Gasteiger partial charge in [-0.3, -0.25) is 4.79 Å². The molecule has 0 aromatic carbocycles. The molecule has 7 rings (SSSR count). The van der Waals surface area contributed by atoms with Crippen LogP contribution < -0.4 is 0 Å². The Morgan fingerprint density at radius 3 is 2.28 bits per heavy atom. The summed E-state index contributed by atoms with van der Waals surface area (Å²) in [4.78, 5) is 12.1. The molecule has 9 heteroatoms. The number of hydrogen-bond acceptors (Lipinski definition) is 9. The molecule has 0 aromatic rings. The molecule has 7 aliphatic rings. The number of allylic oxidation sites excluding steroid dienone is 1. The highest BCUT2D eigenvalue weighted by Crippen LogP contribution is 2.89. The highest BCUT2D eigenvalue weighted by molar-refractivity contribution is 5.66. The van der Waals surface area contributed by atoms with E-state index in [1.807, 2.05) is 0 Å². The van der Waals surface area contributed by atoms with Crippen LogP contribution in [0.3, 0.4) is 0 Å². The molecule has 1 saturated heterocycles. The van der Waals surface area contributed by atoms with Crippen molar-refractivity contribution in [2.24, 2.45) is 50.7 Å². The lowest BCUT2D eigenvalue weighted by atomic mass is 9.41. The molecule has 4 unspecified atom stereocenters. The maximum absolute atomic E-state index is 12.6. The van der Waals surface area contributed by atoms with Gasteiger partial charge in [0.1, 0.15) is 24.4 Å². The van der Waals surface area contributed by atoms with E-state index in [0.29, 0.717) is 18.3 Å². The van der Waals surface area contributed by atoms with Gasteiger partial charge in [-0.05, 0) is 117 Å². The van der Waals surface area contributed by atoms with Crippen LogP contribution >= 0.6 is 0 Å². The van der Waals surface area contributed by atoms with E-state index >= 15 is 0 Å². The number of aliphatic hydroxyl groups excluding tert-OH is 4. The van der Waals surface area contributed by atoms with Crippen molar-refractivity contribution in [3.8, 4) is 0 Å². The van der Waals surface area contributed by atoms with Gasteiger partial charge in [0.2, 0.25) is 0 Å². The number of carbonyl (C=O) groups excluding carboxylic acids is 1. The van der Waals surface area contributed by atoms with Crippen LogP contribution in [0.1, 0.15) is 113 Å². The monoisotopic (exact) mass is 660 g/mol. The lowest BCUT2D eigenvalue weighted by Gasteiger charge is -2.64. The standard InChI is InChI=1S/C38H60O9/c1-19-15-21(31(34(5,6)44)46-20(2)39)16-22-27(19)35(7)13-14-38-18-37(38)12-11-26(47-32-29(42)28(41)23(40)17-45-32)33(3,4)24(37)9-10-25(38)36(35,8)30(22)43/h19,21,23-26,28-32,40-44H,9-18H2,1-8H3/t19-,21?,23+,24?,25?,26+,28+,29-,30+,31-,32?,35-,36-,37-,38+/m1/s1. The molecule has 0 bridgehead atoms. The molecule has 0 radical (unpaired) electrons. The molecular weight excluding hydrogens is 600 g/mol. The summed E-state index contributed by atoms with van der Waals surface area (Å²) < 4.78 is 17.9. The van der Waals surface area contributed by atoms with E-state index in [0.717, 1.165) is 50.5 Å². The van der Waals surface area contributed by atoms with Crippen molar-refractivity contribution in [3.05, 3.63) is 11.1 Å². The highest BCUT2D eigenvalue weighted by atomic mass is 16.7. The molecule has 1 aliphatic heterocycles. The lowest BCUT2D eigenvalue weighted by Crippen LogP contribution is -2.61. The van der Waals surface area contributed by atoms with Crippen LogP contribution in [-0.4, -0.2) is 86.6 Å². The van der Waals surface area contributed by atoms with Gasteiger partial charge in [0.25, 0.3) is 0 Å². The third-order valence-corrected chi connectivity index (χ3v) is 15.8. The molecule has 9 nitrogen and oxygen atoms in total. The second-order valence-electron chi connectivity index (χ2n) is 18.6. The van der Waals surface area contributed by atoms with E-state index in [9.17, 15) is 30.3 Å². The number of esters is 1. The molecule has 4 saturated carbocycles. The average Bonchev–Trinajstić information content (AvgIpc) is 3.61. The van der Waals surface area contributed by atoms with Gasteiger partial charge in [0.15, 0.2) is 6.29 Å². The largest absolute Gasteiger partial charge is 0.459 e. The van der Waals surface area contributed by atoms with E-state index in [1.54, 1.807) is 13.8 Å². The summed E-state index contributed by atoms with van der Waals surface area (Å²) in [7, 11) is 0. The van der Waals surface area contributed by atoms with Crippen LogP contribution in [0.25, 0.3) is 0 Å². The molecule has 47 heavy (non-hydrogen) atoms. The molecule has 0 amide bonds.